The maximum atomic E-state index is 8.24. The Morgan fingerprint density at radius 3 is 1.60 bits per heavy atom. The fraction of sp³-hybridized carbons (Fsp3) is 0. The predicted octanol–water partition coefficient (Wildman–Crippen LogP) is -1.57. The number of aliphatic hydroxyl groups excluding tert-OH is 1. The minimum absolute atomic E-state index is 0. The molecule has 0 aliphatic heterocycles. The molecule has 0 bridgehead atoms. The van der Waals surface area contributed by atoms with Gasteiger partial charge in [-0.15, -0.1) is 0 Å². The summed E-state index contributed by atoms with van der Waals surface area (Å²) in [4.78, 5) is 8.24. The van der Waals surface area contributed by atoms with Gasteiger partial charge >= 0.3 is 26.2 Å². The zero-order chi connectivity index (χ0) is 2.71. The molecule has 1 N–H and O–H groups in total. The van der Waals surface area contributed by atoms with Gasteiger partial charge in [0.2, 0.25) is 0 Å². The van der Waals surface area contributed by atoms with E-state index < -0.39 is 0 Å². The summed E-state index contributed by atoms with van der Waals surface area (Å²) >= 11 is 0. The summed E-state index contributed by atoms with van der Waals surface area (Å²) in [5.74, 6) is 0. The van der Waals surface area contributed by atoms with Crippen molar-refractivity contribution >= 4 is 32.7 Å². The molecule has 0 radical (unpaired) electrons. The van der Waals surface area contributed by atoms with Gasteiger partial charge in [-0.1, -0.05) is 6.47 Å². The van der Waals surface area contributed by atoms with Crippen LogP contribution in [0.4, 0.5) is 0 Å². The minimum atomic E-state index is 0. The molecule has 0 aromatic carbocycles. The van der Waals surface area contributed by atoms with Crippen LogP contribution in [0.3, 0.4) is 0 Å². The first-order valence-corrected chi connectivity index (χ1v) is 0.428. The third-order valence-corrected chi connectivity index (χ3v) is 0. The van der Waals surface area contributed by atoms with Crippen LogP contribution in [-0.2, 0) is 24.3 Å². The van der Waals surface area contributed by atoms with E-state index in [0.717, 1.165) is 0 Å². The fourth-order valence-electron chi connectivity index (χ4n) is 0. The quantitative estimate of drug-likeness (QED) is 0.432. The molecule has 0 unspecified atom stereocenters. The molecule has 2 nitrogen and oxygen atoms in total. The van der Waals surface area contributed by atoms with E-state index in [1.54, 1.807) is 0 Å². The van der Waals surface area contributed by atoms with Crippen molar-refractivity contribution in [2.75, 3.05) is 0 Å². The van der Waals surface area contributed by atoms with Crippen LogP contribution in [-0.4, -0.2) is 37.8 Å². The molecule has 0 saturated heterocycles. The maximum Gasteiger partial charge on any atom is 0 e. The second-order valence-electron chi connectivity index (χ2n) is 0.0913. The van der Waals surface area contributed by atoms with Crippen molar-refractivity contribution in [2.24, 2.45) is 0 Å². The number of rotatable bonds is 0. The van der Waals surface area contributed by atoms with Crippen molar-refractivity contribution in [1.82, 2.24) is 0 Å². The van der Waals surface area contributed by atoms with Crippen molar-refractivity contribution in [3.63, 3.8) is 0 Å². The summed E-state index contributed by atoms with van der Waals surface area (Å²) in [6.07, 6.45) is 0. The van der Waals surface area contributed by atoms with Crippen molar-refractivity contribution in [2.45, 2.75) is 0 Å². The molecular formula is CH4BiO2Zn-. The molecule has 0 aromatic rings. The molecule has 0 aliphatic carbocycles. The van der Waals surface area contributed by atoms with Crippen molar-refractivity contribution in [3.05, 3.63) is 0 Å². The monoisotopic (exact) mass is 321 g/mol. The normalized spacial score (nSPS) is 2.40. The molecule has 0 spiro atoms. The summed E-state index contributed by atoms with van der Waals surface area (Å²) in [5, 5.41) is 6.76. The molecule has 0 amide bonds. The predicted molar refractivity (Wildman–Crippen MR) is 18.3 cm³/mol. The van der Waals surface area contributed by atoms with Crippen molar-refractivity contribution in [1.29, 1.82) is 0 Å². The first-order valence-electron chi connectivity index (χ1n) is 0.428. The van der Waals surface area contributed by atoms with Crippen LogP contribution >= 0.6 is 0 Å². The van der Waals surface area contributed by atoms with Gasteiger partial charge in [-0.25, -0.2) is 0 Å². The van der Waals surface area contributed by atoms with E-state index in [0.29, 0.717) is 6.47 Å². The van der Waals surface area contributed by atoms with Crippen molar-refractivity contribution in [3.8, 4) is 0 Å². The van der Waals surface area contributed by atoms with Gasteiger partial charge in [0.25, 0.3) is 0 Å². The molecule has 0 atom stereocenters. The molecule has 0 aliphatic rings. The summed E-state index contributed by atoms with van der Waals surface area (Å²) in [7, 11) is 0. The number of hydrogen-bond acceptors (Lipinski definition) is 1. The van der Waals surface area contributed by atoms with Crippen LogP contribution < -0.4 is 0 Å². The van der Waals surface area contributed by atoms with Gasteiger partial charge in [-0.05, 0) is 0 Å². The van der Waals surface area contributed by atoms with Crippen LogP contribution in [0.2, 0.25) is 0 Å². The summed E-state index contributed by atoms with van der Waals surface area (Å²) in [6.45, 7) is 0.500. The Bertz CT molecular complexity index is 17.1. The van der Waals surface area contributed by atoms with E-state index in [-0.39, 0.29) is 45.7 Å². The zero-order valence-electron chi connectivity index (χ0n) is 2.77. The first-order chi connectivity index (χ1) is 1.41. The second-order valence-corrected chi connectivity index (χ2v) is 0.0913. The van der Waals surface area contributed by atoms with Gasteiger partial charge < -0.3 is 9.90 Å². The fourth-order valence-corrected chi connectivity index (χ4v) is 0. The molecule has 0 rings (SSSR count). The first kappa shape index (κ1) is 16.7. The summed E-state index contributed by atoms with van der Waals surface area (Å²) in [6, 6.07) is 0. The molecule has 0 aromatic heterocycles. The van der Waals surface area contributed by atoms with E-state index in [9.17, 15) is 0 Å². The van der Waals surface area contributed by atoms with Gasteiger partial charge in [0.15, 0.2) is 0 Å². The van der Waals surface area contributed by atoms with E-state index in [1.807, 2.05) is 0 Å². The van der Waals surface area contributed by atoms with Crippen LogP contribution in [0, 0.1) is 0 Å². The van der Waals surface area contributed by atoms with Gasteiger partial charge in [0.05, 0.1) is 0 Å². The smallest absolute Gasteiger partial charge is 0 e. The van der Waals surface area contributed by atoms with E-state index in [2.05, 4.69) is 0 Å². The minimum Gasteiger partial charge on any atom is 0 e. The number of hydrogen-bond donors (Lipinski definition) is 1. The Morgan fingerprint density at radius 1 is 1.60 bits per heavy atom. The average Bonchev–Trinajstić information content (AvgIpc) is 0.918. The van der Waals surface area contributed by atoms with Crippen LogP contribution in [0.1, 0.15) is 0 Å². The standard InChI is InChI=1S/CHO2.Bi.Zn.3H/c2-1-3;;;;;/h(H,2,3);;;;;/q-1;;;;;. The van der Waals surface area contributed by atoms with Gasteiger partial charge in [-0.3, -0.25) is 0 Å². The Balaban J connectivity index is -0.0000000200. The molecule has 0 heterocycles. The van der Waals surface area contributed by atoms with Crippen LogP contribution in [0.25, 0.3) is 0 Å². The Morgan fingerprint density at radius 2 is 1.60 bits per heavy atom. The third-order valence-electron chi connectivity index (χ3n) is 0. The molecule has 28 valence electrons. The van der Waals surface area contributed by atoms with Gasteiger partial charge in [0, 0.05) is 19.5 Å². The average molecular weight is 322 g/mol. The maximum absolute atomic E-state index is 8.24. The molecule has 5 heavy (non-hydrogen) atoms. The SMILES string of the molecule is O=[C-]O.[BiH3].[Zn]. The second kappa shape index (κ2) is 20.1. The van der Waals surface area contributed by atoms with Gasteiger partial charge in [0.1, 0.15) is 0 Å². The van der Waals surface area contributed by atoms with E-state index >= 15 is 0 Å². The molecule has 0 fully saturated rings. The van der Waals surface area contributed by atoms with Crippen LogP contribution in [0.15, 0.2) is 0 Å². The Kier molecular flexibility index (Phi) is 67.3. The van der Waals surface area contributed by atoms with E-state index in [1.165, 1.54) is 0 Å². The van der Waals surface area contributed by atoms with Crippen molar-refractivity contribution < 1.29 is 29.4 Å². The molecule has 0 saturated carbocycles. The van der Waals surface area contributed by atoms with Gasteiger partial charge in [-0.2, -0.15) is 0 Å². The Labute approximate surface area is 61.8 Å². The molecule has 4 heteroatoms. The Hall–Kier alpha value is 0.976. The summed E-state index contributed by atoms with van der Waals surface area (Å²) < 4.78 is 0. The van der Waals surface area contributed by atoms with Crippen LogP contribution in [0.5, 0.6) is 0 Å². The molecular weight excluding hydrogens is 318 g/mol. The largest absolute Gasteiger partial charge is 0 e. The topological polar surface area (TPSA) is 37.3 Å². The van der Waals surface area contributed by atoms with E-state index in [4.69, 9.17) is 9.90 Å². The third kappa shape index (κ3) is 46.2. The summed E-state index contributed by atoms with van der Waals surface area (Å²) in [5.41, 5.74) is 0. The zero-order valence-corrected chi connectivity index (χ0v) is 11.2.